The van der Waals surface area contributed by atoms with Gasteiger partial charge in [-0.1, -0.05) is 0 Å². The molecule has 12 heavy (non-hydrogen) atoms. The molecule has 0 aliphatic carbocycles. The maximum absolute atomic E-state index is 10.4. The zero-order valence-electron chi connectivity index (χ0n) is 6.24. The van der Waals surface area contributed by atoms with Crippen LogP contribution in [0.5, 0.6) is 0 Å². The van der Waals surface area contributed by atoms with Crippen molar-refractivity contribution in [3.8, 4) is 0 Å². The van der Waals surface area contributed by atoms with Gasteiger partial charge < -0.3 is 5.11 Å². The van der Waals surface area contributed by atoms with Crippen molar-refractivity contribution in [2.45, 2.75) is 6.92 Å². The number of aliphatic carboxylic acids is 1. The Morgan fingerprint density at radius 3 is 2.92 bits per heavy atom. The van der Waals surface area contributed by atoms with E-state index in [1.165, 1.54) is 11.3 Å². The number of carbonyl (C=O) groups is 1. The fourth-order valence-electron chi connectivity index (χ4n) is 0.581. The van der Waals surface area contributed by atoms with Gasteiger partial charge in [0, 0.05) is 5.57 Å². The van der Waals surface area contributed by atoms with E-state index >= 15 is 0 Å². The third-order valence-electron chi connectivity index (χ3n) is 1.17. The quantitative estimate of drug-likeness (QED) is 0.672. The van der Waals surface area contributed by atoms with Crippen LogP contribution in [0.3, 0.4) is 0 Å². The van der Waals surface area contributed by atoms with Crippen LogP contribution in [-0.4, -0.2) is 16.1 Å². The highest BCUT2D eigenvalue weighted by molar-refractivity contribution is 14.1. The van der Waals surface area contributed by atoms with Crippen LogP contribution in [0.1, 0.15) is 11.9 Å². The van der Waals surface area contributed by atoms with E-state index in [4.69, 9.17) is 5.11 Å². The zero-order valence-corrected chi connectivity index (χ0v) is 9.22. The van der Waals surface area contributed by atoms with Gasteiger partial charge in [-0.15, -0.1) is 11.3 Å². The van der Waals surface area contributed by atoms with Crippen LogP contribution in [0.2, 0.25) is 0 Å². The van der Waals surface area contributed by atoms with E-state index in [-0.39, 0.29) is 0 Å². The Kier molecular flexibility index (Phi) is 3.21. The lowest BCUT2D eigenvalue weighted by Crippen LogP contribution is -1.94. The molecular formula is C7H6INO2S. The smallest absolute Gasteiger partial charge is 0.331 e. The Morgan fingerprint density at radius 1 is 1.83 bits per heavy atom. The first-order chi connectivity index (χ1) is 5.59. The average Bonchev–Trinajstić information content (AvgIpc) is 2.35. The van der Waals surface area contributed by atoms with Gasteiger partial charge in [-0.2, -0.15) is 0 Å². The van der Waals surface area contributed by atoms with Crippen LogP contribution in [0.4, 0.5) is 0 Å². The predicted molar refractivity (Wildman–Crippen MR) is 56.1 cm³/mol. The van der Waals surface area contributed by atoms with Crippen molar-refractivity contribution in [3.05, 3.63) is 19.7 Å². The Morgan fingerprint density at radius 2 is 2.50 bits per heavy atom. The van der Waals surface area contributed by atoms with Crippen molar-refractivity contribution in [2.24, 2.45) is 0 Å². The van der Waals surface area contributed by atoms with Gasteiger partial charge in [0.2, 0.25) is 0 Å². The second-order valence-corrected chi connectivity index (χ2v) is 5.09. The number of carboxylic acid groups (broad SMARTS) is 1. The van der Waals surface area contributed by atoms with Gasteiger partial charge in [0.1, 0.15) is 5.01 Å². The highest BCUT2D eigenvalue weighted by Gasteiger charge is 2.01. The first-order valence-corrected chi connectivity index (χ1v) is 5.02. The van der Waals surface area contributed by atoms with Crippen molar-refractivity contribution < 1.29 is 9.90 Å². The molecule has 0 atom stereocenters. The maximum atomic E-state index is 10.4. The molecular weight excluding hydrogens is 289 g/mol. The SMILES string of the molecule is C/C(=C/c1ncc(I)s1)C(=O)O. The first kappa shape index (κ1) is 9.66. The zero-order chi connectivity index (χ0) is 9.14. The van der Waals surface area contributed by atoms with Gasteiger partial charge in [0.15, 0.2) is 0 Å². The number of hydrogen-bond donors (Lipinski definition) is 1. The molecule has 0 aliphatic rings. The van der Waals surface area contributed by atoms with Crippen molar-refractivity contribution in [3.63, 3.8) is 0 Å². The largest absolute Gasteiger partial charge is 0.478 e. The molecule has 0 aromatic carbocycles. The lowest BCUT2D eigenvalue weighted by atomic mass is 10.3. The Hall–Kier alpha value is -0.430. The summed E-state index contributed by atoms with van der Waals surface area (Å²) in [5.41, 5.74) is 0.306. The molecule has 1 rings (SSSR count). The van der Waals surface area contributed by atoms with Crippen LogP contribution >= 0.6 is 33.9 Å². The van der Waals surface area contributed by atoms with E-state index < -0.39 is 5.97 Å². The molecule has 5 heteroatoms. The van der Waals surface area contributed by atoms with Crippen LogP contribution in [-0.2, 0) is 4.79 Å². The van der Waals surface area contributed by atoms with E-state index in [1.54, 1.807) is 19.2 Å². The fourth-order valence-corrected chi connectivity index (χ4v) is 2.04. The van der Waals surface area contributed by atoms with Crippen molar-refractivity contribution >= 4 is 46.0 Å². The molecule has 0 saturated heterocycles. The van der Waals surface area contributed by atoms with Gasteiger partial charge in [-0.05, 0) is 35.6 Å². The molecule has 0 unspecified atom stereocenters. The molecule has 3 nitrogen and oxygen atoms in total. The number of rotatable bonds is 2. The normalized spacial score (nSPS) is 11.7. The Labute approximate surface area is 87.3 Å². The first-order valence-electron chi connectivity index (χ1n) is 3.12. The summed E-state index contributed by atoms with van der Waals surface area (Å²) in [5.74, 6) is -0.903. The summed E-state index contributed by atoms with van der Waals surface area (Å²) in [7, 11) is 0. The standard InChI is InChI=1S/C7H6INO2S/c1-4(7(10)11)2-6-9-3-5(8)12-6/h2-3H,1H3,(H,10,11)/b4-2-. The number of nitrogens with zero attached hydrogens (tertiary/aromatic N) is 1. The molecule has 0 amide bonds. The van der Waals surface area contributed by atoms with Crippen LogP contribution in [0.25, 0.3) is 6.08 Å². The van der Waals surface area contributed by atoms with Crippen molar-refractivity contribution in [2.75, 3.05) is 0 Å². The van der Waals surface area contributed by atoms with E-state index in [0.29, 0.717) is 5.57 Å². The molecule has 0 saturated carbocycles. The molecule has 1 N–H and O–H groups in total. The molecule has 0 bridgehead atoms. The topological polar surface area (TPSA) is 50.2 Å². The number of thiazole rings is 1. The molecule has 64 valence electrons. The van der Waals surface area contributed by atoms with Gasteiger partial charge in [-0.3, -0.25) is 0 Å². The third-order valence-corrected chi connectivity index (χ3v) is 2.84. The molecule has 1 aromatic rings. The van der Waals surface area contributed by atoms with E-state index in [2.05, 4.69) is 27.6 Å². The maximum Gasteiger partial charge on any atom is 0.331 e. The average molecular weight is 295 g/mol. The molecule has 1 heterocycles. The third kappa shape index (κ3) is 2.56. The second-order valence-electron chi connectivity index (χ2n) is 2.14. The lowest BCUT2D eigenvalue weighted by molar-refractivity contribution is -0.132. The van der Waals surface area contributed by atoms with E-state index in [0.717, 1.165) is 7.89 Å². The predicted octanol–water partition coefficient (Wildman–Crippen LogP) is 2.24. The number of aromatic nitrogens is 1. The highest BCUT2D eigenvalue weighted by Crippen LogP contribution is 2.17. The Bertz CT molecular complexity index is 332. The van der Waals surface area contributed by atoms with Gasteiger partial charge in [0.05, 0.1) is 9.08 Å². The lowest BCUT2D eigenvalue weighted by Gasteiger charge is -1.88. The summed E-state index contributed by atoms with van der Waals surface area (Å²) in [6.45, 7) is 1.55. The number of halogens is 1. The van der Waals surface area contributed by atoms with Crippen molar-refractivity contribution in [1.82, 2.24) is 4.98 Å². The summed E-state index contributed by atoms with van der Waals surface area (Å²) in [4.78, 5) is 14.4. The molecule has 1 aromatic heterocycles. The Balaban J connectivity index is 2.87. The molecule has 0 fully saturated rings. The summed E-state index contributed by atoms with van der Waals surface area (Å²) in [6.07, 6.45) is 3.28. The van der Waals surface area contributed by atoms with Crippen molar-refractivity contribution in [1.29, 1.82) is 0 Å². The van der Waals surface area contributed by atoms with E-state index in [1.807, 2.05) is 0 Å². The van der Waals surface area contributed by atoms with Crippen LogP contribution < -0.4 is 0 Å². The minimum Gasteiger partial charge on any atom is -0.478 e. The van der Waals surface area contributed by atoms with Gasteiger partial charge in [-0.25, -0.2) is 9.78 Å². The number of hydrogen-bond acceptors (Lipinski definition) is 3. The highest BCUT2D eigenvalue weighted by atomic mass is 127. The molecule has 0 radical (unpaired) electrons. The summed E-state index contributed by atoms with van der Waals surface area (Å²) >= 11 is 3.61. The van der Waals surface area contributed by atoms with Gasteiger partial charge >= 0.3 is 5.97 Å². The molecule has 0 spiro atoms. The molecule has 0 aliphatic heterocycles. The second kappa shape index (κ2) is 3.99. The summed E-state index contributed by atoms with van der Waals surface area (Å²) in [5, 5.41) is 9.29. The van der Waals surface area contributed by atoms with Crippen LogP contribution in [0, 0.1) is 2.88 Å². The summed E-state index contributed by atoms with van der Waals surface area (Å²) < 4.78 is 1.05. The van der Waals surface area contributed by atoms with E-state index in [9.17, 15) is 4.79 Å². The van der Waals surface area contributed by atoms with Crippen LogP contribution in [0.15, 0.2) is 11.8 Å². The monoisotopic (exact) mass is 295 g/mol. The fraction of sp³-hybridized carbons (Fsp3) is 0.143. The summed E-state index contributed by atoms with van der Waals surface area (Å²) in [6, 6.07) is 0. The number of carboxylic acids is 1. The van der Waals surface area contributed by atoms with Gasteiger partial charge in [0.25, 0.3) is 0 Å². The minimum absolute atomic E-state index is 0.306. The minimum atomic E-state index is -0.903.